The third kappa shape index (κ3) is 7.40. The van der Waals surface area contributed by atoms with Crippen molar-refractivity contribution in [2.75, 3.05) is 0 Å². The predicted molar refractivity (Wildman–Crippen MR) is 417 cm³/mol. The first-order valence-corrected chi connectivity index (χ1v) is 34.4. The number of rotatable bonds is 7. The predicted octanol–water partition coefficient (Wildman–Crippen LogP) is 24.6. The number of hydrogen-bond donors (Lipinski definition) is 0. The molecule has 0 bridgehead atoms. The lowest BCUT2D eigenvalue weighted by atomic mass is 9.94. The van der Waals surface area contributed by atoms with Gasteiger partial charge in [0.1, 0.15) is 0 Å². The average molecular weight is 1270 g/mol. The summed E-state index contributed by atoms with van der Waals surface area (Å²) in [6, 6.07) is 117. The molecular formula is C94H54N6. The molecule has 0 radical (unpaired) electrons. The van der Waals surface area contributed by atoms with Gasteiger partial charge in [-0.15, -0.1) is 0 Å². The molecule has 15 aromatic carbocycles. The Morgan fingerprint density at radius 1 is 0.200 bits per heavy atom. The molecule has 0 spiro atoms. The molecule has 0 amide bonds. The van der Waals surface area contributed by atoms with Gasteiger partial charge >= 0.3 is 0 Å². The Labute approximate surface area is 573 Å². The molecule has 460 valence electrons. The van der Waals surface area contributed by atoms with Crippen molar-refractivity contribution in [2.24, 2.45) is 0 Å². The van der Waals surface area contributed by atoms with E-state index in [1.54, 1.807) is 0 Å². The van der Waals surface area contributed by atoms with Gasteiger partial charge in [-0.25, -0.2) is 0 Å². The van der Waals surface area contributed by atoms with Crippen molar-refractivity contribution in [3.63, 3.8) is 0 Å². The lowest BCUT2D eigenvalue weighted by Crippen LogP contribution is -1.95. The van der Waals surface area contributed by atoms with Gasteiger partial charge in [0, 0.05) is 106 Å². The molecule has 0 N–H and O–H groups in total. The van der Waals surface area contributed by atoms with E-state index in [9.17, 15) is 0 Å². The van der Waals surface area contributed by atoms with Crippen molar-refractivity contribution in [1.29, 1.82) is 0 Å². The van der Waals surface area contributed by atoms with Gasteiger partial charge in [-0.1, -0.05) is 188 Å². The number of hydrogen-bond acceptors (Lipinski definition) is 2. The van der Waals surface area contributed by atoms with Crippen molar-refractivity contribution in [3.8, 4) is 101 Å². The fraction of sp³-hybridized carbons (Fsp3) is 0. The number of pyridine rings is 2. The Morgan fingerprint density at radius 3 is 1.34 bits per heavy atom. The van der Waals surface area contributed by atoms with Crippen LogP contribution in [0.25, 0.3) is 220 Å². The quantitative estimate of drug-likeness (QED) is 0.160. The van der Waals surface area contributed by atoms with E-state index >= 15 is 0 Å². The highest BCUT2D eigenvalue weighted by molar-refractivity contribution is 6.23. The van der Waals surface area contributed by atoms with E-state index in [1.165, 1.54) is 136 Å². The van der Waals surface area contributed by atoms with E-state index in [-0.39, 0.29) is 0 Å². The van der Waals surface area contributed by atoms with E-state index in [2.05, 4.69) is 328 Å². The minimum Gasteiger partial charge on any atom is -0.309 e. The van der Waals surface area contributed by atoms with Gasteiger partial charge in [-0.2, -0.15) is 0 Å². The molecule has 0 aliphatic heterocycles. The summed E-state index contributed by atoms with van der Waals surface area (Å²) >= 11 is 0. The van der Waals surface area contributed by atoms with E-state index in [0.29, 0.717) is 0 Å². The summed E-state index contributed by atoms with van der Waals surface area (Å²) in [4.78, 5) is 10.3. The van der Waals surface area contributed by atoms with Crippen molar-refractivity contribution in [2.45, 2.75) is 0 Å². The molecule has 0 unspecified atom stereocenters. The Bertz CT molecular complexity index is 7200. The average Bonchev–Trinajstić information content (AvgIpc) is 1.38. The second kappa shape index (κ2) is 20.1. The second-order valence-corrected chi connectivity index (χ2v) is 27.2. The number of para-hydroxylation sites is 4. The molecular weight excluding hydrogens is 1210 g/mol. The van der Waals surface area contributed by atoms with Crippen LogP contribution >= 0.6 is 0 Å². The van der Waals surface area contributed by atoms with Crippen LogP contribution in [0.3, 0.4) is 0 Å². The summed E-state index contributed by atoms with van der Waals surface area (Å²) < 4.78 is 9.80. The van der Waals surface area contributed by atoms with Gasteiger partial charge in [0.25, 0.3) is 0 Å². The van der Waals surface area contributed by atoms with E-state index in [1.807, 2.05) is 18.5 Å². The molecule has 2 aliphatic rings. The van der Waals surface area contributed by atoms with Crippen LogP contribution in [0.15, 0.2) is 328 Å². The lowest BCUT2D eigenvalue weighted by molar-refractivity contribution is 1.18. The van der Waals surface area contributed by atoms with E-state index in [0.717, 1.165) is 84.0 Å². The number of fused-ring (bicyclic) bond motifs is 20. The van der Waals surface area contributed by atoms with Crippen molar-refractivity contribution >= 4 is 120 Å². The molecule has 23 rings (SSSR count). The molecule has 6 aromatic heterocycles. The first-order chi connectivity index (χ1) is 49.6. The maximum atomic E-state index is 5.33. The monoisotopic (exact) mass is 1270 g/mol. The van der Waals surface area contributed by atoms with Crippen LogP contribution in [0.5, 0.6) is 0 Å². The molecule has 0 fully saturated rings. The van der Waals surface area contributed by atoms with Crippen LogP contribution in [0.1, 0.15) is 0 Å². The summed E-state index contributed by atoms with van der Waals surface area (Å²) in [6.45, 7) is 0. The third-order valence-corrected chi connectivity index (χ3v) is 22.0. The van der Waals surface area contributed by atoms with Gasteiger partial charge in [0.2, 0.25) is 0 Å². The highest BCUT2D eigenvalue weighted by Crippen LogP contribution is 2.53. The second-order valence-electron chi connectivity index (χ2n) is 27.2. The van der Waals surface area contributed by atoms with Crippen LogP contribution in [-0.4, -0.2) is 28.2 Å². The Morgan fingerprint density at radius 2 is 0.650 bits per heavy atom. The molecule has 0 saturated carbocycles. The SMILES string of the molecule is c1ccc(-n2c3ccc(-c4ccc5c6ccccc6n(-c6cc7c8c(cccc8c6)-c6cccnc6-7)c5c4)cc3c3cc(-c4ccnc5c4-c4cccc6cc(-n7c8ccccc8c8cc(-c9ccc%10c(c9)c9ccc%11ccccc%11c9n%10-c9ccccc9)ccc87)cc-5c46)ccc32)cc1. The van der Waals surface area contributed by atoms with E-state index in [4.69, 9.17) is 9.97 Å². The maximum absolute atomic E-state index is 5.33. The first kappa shape index (κ1) is 53.8. The number of benzene rings is 15. The summed E-state index contributed by atoms with van der Waals surface area (Å²) in [7, 11) is 0. The fourth-order valence-electron chi connectivity index (χ4n) is 17.8. The standard InChI is InChI=1S/C94H54N6/c1-3-19-63(20-4-1)97-85-40-34-58(59-32-37-71-69-24-9-11-29-82(69)99(88(71)52-59)66-46-61-17-13-26-72-73-28-15-44-95-92(73)80(53-66)89(61)72)50-78(85)79-51-60(36-42-86(79)97)67-43-45-96-93-81-54-65(47-62-18-14-27-75(90(62)81)91(67)93)98-83-30-12-10-25-70(83)76-48-56(33-39-84(76)98)57-35-41-87-77(49-57)74-38-31-55-16-7-8-23-68(55)94(74)100(87)64-21-5-2-6-22-64/h1-54H. The van der Waals surface area contributed by atoms with Crippen LogP contribution in [-0.2, 0) is 0 Å². The lowest BCUT2D eigenvalue weighted by Gasteiger charge is -2.12. The highest BCUT2D eigenvalue weighted by Gasteiger charge is 2.30. The third-order valence-electron chi connectivity index (χ3n) is 22.0. The van der Waals surface area contributed by atoms with Crippen LogP contribution < -0.4 is 0 Å². The molecule has 6 nitrogen and oxygen atoms in total. The number of aromatic nitrogens is 6. The molecule has 0 saturated heterocycles. The Balaban J connectivity index is 0.653. The van der Waals surface area contributed by atoms with Crippen LogP contribution in [0.2, 0.25) is 0 Å². The smallest absolute Gasteiger partial charge is 0.0793 e. The topological polar surface area (TPSA) is 45.5 Å². The normalized spacial score (nSPS) is 12.4. The van der Waals surface area contributed by atoms with Crippen LogP contribution in [0, 0.1) is 0 Å². The Hall–Kier alpha value is -13.4. The van der Waals surface area contributed by atoms with Crippen molar-refractivity contribution in [3.05, 3.63) is 328 Å². The summed E-state index contributed by atoms with van der Waals surface area (Å²) in [5, 5.41) is 17.1. The minimum absolute atomic E-state index is 1.01. The van der Waals surface area contributed by atoms with Gasteiger partial charge in [0.15, 0.2) is 0 Å². The largest absolute Gasteiger partial charge is 0.309 e. The highest BCUT2D eigenvalue weighted by atomic mass is 15.0. The first-order valence-electron chi connectivity index (χ1n) is 34.4. The van der Waals surface area contributed by atoms with Gasteiger partial charge in [-0.05, 0) is 199 Å². The Kier molecular flexibility index (Phi) is 10.8. The number of nitrogens with zero attached hydrogens (tertiary/aromatic N) is 6. The molecule has 0 atom stereocenters. The fourth-order valence-corrected chi connectivity index (χ4v) is 17.8. The molecule has 2 aliphatic carbocycles. The zero-order valence-corrected chi connectivity index (χ0v) is 53.9. The van der Waals surface area contributed by atoms with E-state index < -0.39 is 0 Å². The van der Waals surface area contributed by atoms with Gasteiger partial charge < -0.3 is 18.3 Å². The summed E-state index contributed by atoms with van der Waals surface area (Å²) in [6.07, 6.45) is 3.94. The molecule has 6 heteroatoms. The molecule has 21 aromatic rings. The summed E-state index contributed by atoms with van der Waals surface area (Å²) in [5.74, 6) is 0. The molecule has 6 heterocycles. The zero-order chi connectivity index (χ0) is 65.0. The van der Waals surface area contributed by atoms with Crippen LogP contribution in [0.4, 0.5) is 0 Å². The zero-order valence-electron chi connectivity index (χ0n) is 53.9. The summed E-state index contributed by atoms with van der Waals surface area (Å²) in [5.41, 5.74) is 30.1. The van der Waals surface area contributed by atoms with Gasteiger partial charge in [0.05, 0.1) is 55.5 Å². The maximum Gasteiger partial charge on any atom is 0.0793 e. The minimum atomic E-state index is 1.01. The van der Waals surface area contributed by atoms with Crippen molar-refractivity contribution < 1.29 is 0 Å². The molecule has 100 heavy (non-hydrogen) atoms. The van der Waals surface area contributed by atoms with Gasteiger partial charge in [-0.3, -0.25) is 9.97 Å². The van der Waals surface area contributed by atoms with Crippen molar-refractivity contribution in [1.82, 2.24) is 28.2 Å².